The number of nitrogens with one attached hydrogen (secondary N) is 1. The number of para-hydroxylation sites is 1. The smallest absolute Gasteiger partial charge is 0.387 e. The van der Waals surface area contributed by atoms with Gasteiger partial charge in [0.1, 0.15) is 6.61 Å². The van der Waals surface area contributed by atoms with Crippen LogP contribution in [0.4, 0.5) is 23.7 Å². The lowest BCUT2D eigenvalue weighted by Gasteiger charge is -2.19. The number of urea groups is 1. The highest BCUT2D eigenvalue weighted by atomic mass is 19.3. The van der Waals surface area contributed by atoms with E-state index in [0.29, 0.717) is 0 Å². The van der Waals surface area contributed by atoms with Gasteiger partial charge in [-0.15, -0.1) is 0 Å². The molecule has 2 aromatic carbocycles. The number of hydrogen-bond acceptors (Lipinski definition) is 4. The molecule has 146 valence electrons. The number of nitrogens with zero attached hydrogens (tertiary/aromatic N) is 1. The summed E-state index contributed by atoms with van der Waals surface area (Å²) in [5.41, 5.74) is 0.248. The van der Waals surface area contributed by atoms with Crippen LogP contribution < -0.4 is 19.5 Å². The third-order valence-corrected chi connectivity index (χ3v) is 3.50. The summed E-state index contributed by atoms with van der Waals surface area (Å²) in [7, 11) is 2.83. The number of anilines is 1. The molecule has 2 aromatic rings. The molecule has 0 aliphatic carbocycles. The zero-order chi connectivity index (χ0) is 19.8. The SMILES string of the molecule is COc1ccc(NC(=O)N(C)CCOc2ccccc2F)cc1OC(F)F. The van der Waals surface area contributed by atoms with E-state index in [1.807, 2.05) is 0 Å². The van der Waals surface area contributed by atoms with Gasteiger partial charge in [0.05, 0.1) is 13.7 Å². The number of amides is 2. The van der Waals surface area contributed by atoms with Crippen molar-refractivity contribution < 1.29 is 32.2 Å². The van der Waals surface area contributed by atoms with Crippen LogP contribution in [-0.2, 0) is 0 Å². The molecule has 0 unspecified atom stereocenters. The van der Waals surface area contributed by atoms with Crippen LogP contribution in [0, 0.1) is 5.82 Å². The van der Waals surface area contributed by atoms with E-state index < -0.39 is 18.5 Å². The predicted molar refractivity (Wildman–Crippen MR) is 93.2 cm³/mol. The monoisotopic (exact) mass is 384 g/mol. The van der Waals surface area contributed by atoms with Gasteiger partial charge < -0.3 is 24.4 Å². The molecule has 2 rings (SSSR count). The van der Waals surface area contributed by atoms with Crippen molar-refractivity contribution in [3.8, 4) is 17.2 Å². The second kappa shape index (κ2) is 9.56. The molecule has 0 aliphatic rings. The fourth-order valence-electron chi connectivity index (χ4n) is 2.12. The Morgan fingerprint density at radius 3 is 2.56 bits per heavy atom. The van der Waals surface area contributed by atoms with Crippen LogP contribution in [0.1, 0.15) is 0 Å². The van der Waals surface area contributed by atoms with Crippen LogP contribution in [0.15, 0.2) is 42.5 Å². The fourth-order valence-corrected chi connectivity index (χ4v) is 2.12. The lowest BCUT2D eigenvalue weighted by molar-refractivity contribution is -0.0511. The second-order valence-corrected chi connectivity index (χ2v) is 5.37. The van der Waals surface area contributed by atoms with Gasteiger partial charge in [-0.1, -0.05) is 12.1 Å². The third-order valence-electron chi connectivity index (χ3n) is 3.50. The summed E-state index contributed by atoms with van der Waals surface area (Å²) in [5, 5.41) is 2.54. The summed E-state index contributed by atoms with van der Waals surface area (Å²) in [6, 6.07) is 9.55. The van der Waals surface area contributed by atoms with E-state index in [2.05, 4.69) is 10.1 Å². The van der Waals surface area contributed by atoms with Crippen molar-refractivity contribution in [3.05, 3.63) is 48.3 Å². The number of hydrogen-bond donors (Lipinski definition) is 1. The second-order valence-electron chi connectivity index (χ2n) is 5.37. The standard InChI is InChI=1S/C18H19F3N2O4/c1-23(9-10-26-14-6-4-3-5-13(14)19)18(24)22-12-7-8-15(25-2)16(11-12)27-17(20)21/h3-8,11,17H,9-10H2,1-2H3,(H,22,24). The predicted octanol–water partition coefficient (Wildman–Crippen LogP) is 3.98. The molecule has 1 N–H and O–H groups in total. The Balaban J connectivity index is 1.91. The lowest BCUT2D eigenvalue weighted by Crippen LogP contribution is -2.34. The zero-order valence-corrected chi connectivity index (χ0v) is 14.7. The third kappa shape index (κ3) is 5.98. The number of rotatable bonds is 8. The summed E-state index contributed by atoms with van der Waals surface area (Å²) in [5.74, 6) is -0.486. The molecule has 2 amide bonds. The fraction of sp³-hybridized carbons (Fsp3) is 0.278. The molecule has 6 nitrogen and oxygen atoms in total. The van der Waals surface area contributed by atoms with E-state index >= 15 is 0 Å². The number of alkyl halides is 2. The first-order chi connectivity index (χ1) is 12.9. The molecule has 27 heavy (non-hydrogen) atoms. The highest BCUT2D eigenvalue weighted by Gasteiger charge is 2.14. The minimum Gasteiger partial charge on any atom is -0.493 e. The van der Waals surface area contributed by atoms with Gasteiger partial charge in [-0.3, -0.25) is 0 Å². The maximum atomic E-state index is 13.5. The summed E-state index contributed by atoms with van der Waals surface area (Å²) < 4.78 is 52.9. The first kappa shape index (κ1) is 20.2. The van der Waals surface area contributed by atoms with Gasteiger partial charge in [0, 0.05) is 18.8 Å². The molecule has 0 aromatic heterocycles. The van der Waals surface area contributed by atoms with Gasteiger partial charge in [0.15, 0.2) is 23.1 Å². The van der Waals surface area contributed by atoms with Crippen LogP contribution >= 0.6 is 0 Å². The largest absolute Gasteiger partial charge is 0.493 e. The van der Waals surface area contributed by atoms with Gasteiger partial charge in [-0.2, -0.15) is 8.78 Å². The molecular formula is C18H19F3N2O4. The van der Waals surface area contributed by atoms with Gasteiger partial charge in [0.25, 0.3) is 0 Å². The molecule has 0 aliphatic heterocycles. The Morgan fingerprint density at radius 1 is 1.15 bits per heavy atom. The number of ether oxygens (including phenoxy) is 3. The van der Waals surface area contributed by atoms with Crippen LogP contribution in [0.25, 0.3) is 0 Å². The number of likely N-dealkylation sites (N-methyl/N-ethyl adjacent to an activating group) is 1. The number of halogens is 3. The average Bonchev–Trinajstić information content (AvgIpc) is 2.63. The van der Waals surface area contributed by atoms with Gasteiger partial charge in [-0.05, 0) is 24.3 Å². The maximum Gasteiger partial charge on any atom is 0.387 e. The Kier molecular flexibility index (Phi) is 7.16. The lowest BCUT2D eigenvalue weighted by atomic mass is 10.2. The number of benzene rings is 2. The summed E-state index contributed by atoms with van der Waals surface area (Å²) in [4.78, 5) is 13.5. The Hall–Kier alpha value is -3.10. The topological polar surface area (TPSA) is 60.0 Å². The van der Waals surface area contributed by atoms with Crippen LogP contribution in [0.3, 0.4) is 0 Å². The van der Waals surface area contributed by atoms with E-state index in [1.165, 1.54) is 49.4 Å². The molecular weight excluding hydrogens is 365 g/mol. The first-order valence-corrected chi connectivity index (χ1v) is 7.93. The average molecular weight is 384 g/mol. The molecule has 0 spiro atoms. The number of carbonyl (C=O) groups excluding carboxylic acids is 1. The molecule has 0 fully saturated rings. The van der Waals surface area contributed by atoms with Crippen LogP contribution in [-0.4, -0.2) is 44.9 Å². The van der Waals surface area contributed by atoms with E-state index in [9.17, 15) is 18.0 Å². The van der Waals surface area contributed by atoms with Crippen molar-refractivity contribution >= 4 is 11.7 Å². The number of carbonyl (C=O) groups is 1. The van der Waals surface area contributed by atoms with Crippen LogP contribution in [0.2, 0.25) is 0 Å². The Morgan fingerprint density at radius 2 is 1.89 bits per heavy atom. The van der Waals surface area contributed by atoms with Gasteiger partial charge in [0.2, 0.25) is 0 Å². The molecule has 0 saturated heterocycles. The van der Waals surface area contributed by atoms with Crippen molar-refractivity contribution in [2.45, 2.75) is 6.61 Å². The highest BCUT2D eigenvalue weighted by Crippen LogP contribution is 2.31. The molecule has 0 radical (unpaired) electrons. The van der Waals surface area contributed by atoms with Gasteiger partial charge in [-0.25, -0.2) is 9.18 Å². The maximum absolute atomic E-state index is 13.5. The van der Waals surface area contributed by atoms with Crippen molar-refractivity contribution in [1.82, 2.24) is 4.90 Å². The molecule has 0 atom stereocenters. The van der Waals surface area contributed by atoms with E-state index in [4.69, 9.17) is 9.47 Å². The van der Waals surface area contributed by atoms with Crippen molar-refractivity contribution in [1.29, 1.82) is 0 Å². The molecule has 0 heterocycles. The summed E-state index contributed by atoms with van der Waals surface area (Å²) in [6.45, 7) is -2.77. The van der Waals surface area contributed by atoms with Gasteiger partial charge >= 0.3 is 12.6 Å². The summed E-state index contributed by atoms with van der Waals surface area (Å²) >= 11 is 0. The van der Waals surface area contributed by atoms with E-state index in [1.54, 1.807) is 12.1 Å². The highest BCUT2D eigenvalue weighted by molar-refractivity contribution is 5.89. The minimum atomic E-state index is -3.02. The number of methoxy groups -OCH3 is 1. The van der Waals surface area contributed by atoms with E-state index in [-0.39, 0.29) is 36.1 Å². The molecule has 0 bridgehead atoms. The van der Waals surface area contributed by atoms with Crippen molar-refractivity contribution in [3.63, 3.8) is 0 Å². The minimum absolute atomic E-state index is 0.0766. The molecule has 9 heteroatoms. The molecule has 0 saturated carbocycles. The first-order valence-electron chi connectivity index (χ1n) is 7.93. The normalized spacial score (nSPS) is 10.4. The Labute approximate surface area is 154 Å². The summed E-state index contributed by atoms with van der Waals surface area (Å²) in [6.07, 6.45) is 0. The van der Waals surface area contributed by atoms with Crippen LogP contribution in [0.5, 0.6) is 17.2 Å². The van der Waals surface area contributed by atoms with E-state index in [0.717, 1.165) is 0 Å². The Bertz CT molecular complexity index is 774. The quantitative estimate of drug-likeness (QED) is 0.748. The zero-order valence-electron chi connectivity index (χ0n) is 14.7. The van der Waals surface area contributed by atoms with Crippen molar-refractivity contribution in [2.24, 2.45) is 0 Å². The van der Waals surface area contributed by atoms with Crippen molar-refractivity contribution in [2.75, 3.05) is 32.6 Å².